The summed E-state index contributed by atoms with van der Waals surface area (Å²) in [4.78, 5) is 12.1. The molecule has 1 spiro atoms. The summed E-state index contributed by atoms with van der Waals surface area (Å²) in [5, 5.41) is 3.05. The van der Waals surface area contributed by atoms with Crippen LogP contribution in [-0.4, -0.2) is 24.0 Å². The first-order valence-electron chi connectivity index (χ1n) is 8.02. The molecular weight excluding hydrogens is 254 g/mol. The van der Waals surface area contributed by atoms with Crippen molar-refractivity contribution in [3.8, 4) is 0 Å². The predicted molar refractivity (Wildman–Crippen MR) is 83.5 cm³/mol. The zero-order valence-electron chi connectivity index (χ0n) is 12.6. The SMILES string of the molecule is CCCSCC1(CCC)CCC2(CCNC2=O)CC1. The summed E-state index contributed by atoms with van der Waals surface area (Å²) in [6, 6.07) is 0. The lowest BCUT2D eigenvalue weighted by molar-refractivity contribution is -0.130. The van der Waals surface area contributed by atoms with Crippen LogP contribution in [0.25, 0.3) is 0 Å². The molecule has 2 rings (SSSR count). The van der Waals surface area contributed by atoms with E-state index in [-0.39, 0.29) is 5.41 Å². The Hall–Kier alpha value is -0.180. The Labute approximate surface area is 122 Å². The maximum Gasteiger partial charge on any atom is 0.226 e. The van der Waals surface area contributed by atoms with E-state index in [4.69, 9.17) is 0 Å². The monoisotopic (exact) mass is 283 g/mol. The van der Waals surface area contributed by atoms with Gasteiger partial charge in [0.05, 0.1) is 5.41 Å². The second-order valence-corrected chi connectivity index (χ2v) is 7.69. The summed E-state index contributed by atoms with van der Waals surface area (Å²) in [6.45, 7) is 5.47. The van der Waals surface area contributed by atoms with Crippen LogP contribution >= 0.6 is 11.8 Å². The molecule has 110 valence electrons. The number of nitrogens with one attached hydrogen (secondary N) is 1. The van der Waals surface area contributed by atoms with Crippen molar-refractivity contribution in [3.05, 3.63) is 0 Å². The fourth-order valence-electron chi connectivity index (χ4n) is 3.88. The molecule has 0 aromatic heterocycles. The van der Waals surface area contributed by atoms with E-state index >= 15 is 0 Å². The molecule has 2 nitrogen and oxygen atoms in total. The second-order valence-electron chi connectivity index (χ2n) is 6.59. The number of hydrogen-bond acceptors (Lipinski definition) is 2. The minimum Gasteiger partial charge on any atom is -0.356 e. The molecule has 3 heteroatoms. The number of carbonyl (C=O) groups excluding carboxylic acids is 1. The van der Waals surface area contributed by atoms with E-state index in [1.165, 1.54) is 43.6 Å². The van der Waals surface area contributed by atoms with Gasteiger partial charge >= 0.3 is 0 Å². The highest BCUT2D eigenvalue weighted by Gasteiger charge is 2.48. The zero-order valence-corrected chi connectivity index (χ0v) is 13.4. The maximum atomic E-state index is 12.1. The van der Waals surface area contributed by atoms with E-state index in [1.807, 2.05) is 0 Å². The van der Waals surface area contributed by atoms with Gasteiger partial charge in [-0.15, -0.1) is 0 Å². The van der Waals surface area contributed by atoms with Crippen LogP contribution in [0.15, 0.2) is 0 Å². The number of thioether (sulfide) groups is 1. The summed E-state index contributed by atoms with van der Waals surface area (Å²) in [6.07, 6.45) is 9.79. The fraction of sp³-hybridized carbons (Fsp3) is 0.938. The standard InChI is InChI=1S/C16H29NOS/c1-3-5-15(13-19-12-4-2)6-8-16(9-7-15)10-11-17-14(16)18/h3-13H2,1-2H3,(H,17,18). The molecule has 1 amide bonds. The van der Waals surface area contributed by atoms with Crippen LogP contribution in [0.1, 0.15) is 65.2 Å². The maximum absolute atomic E-state index is 12.1. The van der Waals surface area contributed by atoms with Gasteiger partial charge in [-0.3, -0.25) is 4.79 Å². The third-order valence-corrected chi connectivity index (χ3v) is 6.69. The molecule has 0 atom stereocenters. The van der Waals surface area contributed by atoms with Crippen LogP contribution in [0.3, 0.4) is 0 Å². The lowest BCUT2D eigenvalue weighted by atomic mass is 9.62. The highest BCUT2D eigenvalue weighted by atomic mass is 32.2. The minimum atomic E-state index is 0.0205. The van der Waals surface area contributed by atoms with Crippen molar-refractivity contribution in [3.63, 3.8) is 0 Å². The molecule has 0 unspecified atom stereocenters. The van der Waals surface area contributed by atoms with Crippen molar-refractivity contribution >= 4 is 17.7 Å². The molecule has 1 N–H and O–H groups in total. The van der Waals surface area contributed by atoms with Crippen molar-refractivity contribution in [1.82, 2.24) is 5.32 Å². The Morgan fingerprint density at radius 3 is 2.37 bits per heavy atom. The first-order valence-corrected chi connectivity index (χ1v) is 9.18. The molecular formula is C16H29NOS. The van der Waals surface area contributed by atoms with Gasteiger partial charge in [-0.25, -0.2) is 0 Å². The quantitative estimate of drug-likeness (QED) is 0.747. The Morgan fingerprint density at radius 2 is 1.84 bits per heavy atom. The molecule has 1 aliphatic heterocycles. The van der Waals surface area contributed by atoms with Crippen LogP contribution in [0, 0.1) is 10.8 Å². The summed E-state index contributed by atoms with van der Waals surface area (Å²) < 4.78 is 0. The summed E-state index contributed by atoms with van der Waals surface area (Å²) in [7, 11) is 0. The van der Waals surface area contributed by atoms with E-state index in [9.17, 15) is 4.79 Å². The number of carbonyl (C=O) groups is 1. The molecule has 0 bridgehead atoms. The van der Waals surface area contributed by atoms with Gasteiger partial charge < -0.3 is 5.32 Å². The van der Waals surface area contributed by atoms with E-state index in [2.05, 4.69) is 30.9 Å². The zero-order chi connectivity index (χ0) is 13.8. The first kappa shape index (κ1) is 15.2. The summed E-state index contributed by atoms with van der Waals surface area (Å²) in [5.41, 5.74) is 0.551. The van der Waals surface area contributed by atoms with Gasteiger partial charge in [0, 0.05) is 6.54 Å². The van der Waals surface area contributed by atoms with Gasteiger partial charge in [0.1, 0.15) is 0 Å². The largest absolute Gasteiger partial charge is 0.356 e. The predicted octanol–water partition coefficient (Wildman–Crippen LogP) is 4.00. The van der Waals surface area contributed by atoms with Gasteiger partial charge in [0.25, 0.3) is 0 Å². The van der Waals surface area contributed by atoms with Crippen LogP contribution in [0.5, 0.6) is 0 Å². The molecule has 1 aliphatic carbocycles. The van der Waals surface area contributed by atoms with Gasteiger partial charge in [-0.2, -0.15) is 11.8 Å². The number of hydrogen-bond donors (Lipinski definition) is 1. The Kier molecular flexibility index (Phi) is 5.22. The molecule has 1 saturated carbocycles. The lowest BCUT2D eigenvalue weighted by Crippen LogP contribution is -2.40. The van der Waals surface area contributed by atoms with Crippen molar-refractivity contribution in [1.29, 1.82) is 0 Å². The topological polar surface area (TPSA) is 29.1 Å². The third-order valence-electron chi connectivity index (χ3n) is 5.18. The van der Waals surface area contributed by atoms with Crippen LogP contribution in [0.2, 0.25) is 0 Å². The fourth-order valence-corrected chi connectivity index (χ4v) is 5.18. The van der Waals surface area contributed by atoms with Crippen molar-refractivity contribution in [2.24, 2.45) is 10.8 Å². The Morgan fingerprint density at radius 1 is 1.11 bits per heavy atom. The molecule has 19 heavy (non-hydrogen) atoms. The second kappa shape index (κ2) is 6.51. The first-order chi connectivity index (χ1) is 9.16. The minimum absolute atomic E-state index is 0.0205. The van der Waals surface area contributed by atoms with Gasteiger partial charge in [0.15, 0.2) is 0 Å². The lowest BCUT2D eigenvalue weighted by Gasteiger charge is -2.44. The van der Waals surface area contributed by atoms with Crippen molar-refractivity contribution in [2.45, 2.75) is 65.2 Å². The van der Waals surface area contributed by atoms with E-state index in [0.29, 0.717) is 11.3 Å². The Bertz CT molecular complexity index is 308. The van der Waals surface area contributed by atoms with Gasteiger partial charge in [-0.1, -0.05) is 20.3 Å². The molecule has 0 aromatic carbocycles. The highest BCUT2D eigenvalue weighted by molar-refractivity contribution is 7.99. The summed E-state index contributed by atoms with van der Waals surface area (Å²) >= 11 is 2.13. The molecule has 1 heterocycles. The third kappa shape index (κ3) is 3.29. The van der Waals surface area contributed by atoms with Crippen LogP contribution < -0.4 is 5.32 Å². The van der Waals surface area contributed by atoms with E-state index in [1.54, 1.807) is 0 Å². The van der Waals surface area contributed by atoms with Gasteiger partial charge in [-0.05, 0) is 61.9 Å². The average molecular weight is 283 g/mol. The highest BCUT2D eigenvalue weighted by Crippen LogP contribution is 2.51. The van der Waals surface area contributed by atoms with Crippen molar-refractivity contribution < 1.29 is 4.79 Å². The Balaban J connectivity index is 1.94. The number of amides is 1. The van der Waals surface area contributed by atoms with Crippen LogP contribution in [-0.2, 0) is 4.79 Å². The van der Waals surface area contributed by atoms with E-state index in [0.717, 1.165) is 25.8 Å². The van der Waals surface area contributed by atoms with Gasteiger partial charge in [0.2, 0.25) is 5.91 Å². The molecule has 2 fully saturated rings. The van der Waals surface area contributed by atoms with Crippen molar-refractivity contribution in [2.75, 3.05) is 18.1 Å². The smallest absolute Gasteiger partial charge is 0.226 e. The molecule has 0 aromatic rings. The average Bonchev–Trinajstić information content (AvgIpc) is 2.76. The molecule has 1 saturated heterocycles. The van der Waals surface area contributed by atoms with Crippen LogP contribution in [0.4, 0.5) is 0 Å². The molecule has 0 radical (unpaired) electrons. The summed E-state index contributed by atoms with van der Waals surface area (Å²) in [5.74, 6) is 2.95. The normalized spacial score (nSPS) is 34.7. The van der Waals surface area contributed by atoms with E-state index < -0.39 is 0 Å². The number of rotatable bonds is 6. The molecule has 2 aliphatic rings.